The van der Waals surface area contributed by atoms with E-state index in [1.807, 2.05) is 31.2 Å². The Kier molecular flexibility index (Phi) is 32.4. The number of carbonyl (C=O) groups is 3. The Hall–Kier alpha value is -2.79. The first-order valence-electron chi connectivity index (χ1n) is 44.4. The number of phenols is 2. The lowest BCUT2D eigenvalue weighted by Crippen LogP contribution is -2.50. The van der Waals surface area contributed by atoms with Crippen LogP contribution in [0.5, 0.6) is 11.5 Å². The number of hydrogen-bond donors (Lipinski definition) is 4. The fourth-order valence-corrected chi connectivity index (χ4v) is 26.9. The first-order valence-corrected chi connectivity index (χ1v) is 52.5. The Morgan fingerprint density at radius 3 is 1.07 bits per heavy atom. The third-order valence-electron chi connectivity index (χ3n) is 34.2. The molecule has 0 spiro atoms. The number of ketones is 3. The molecule has 2 aromatic rings. The quantitative estimate of drug-likeness (QED) is 0.153. The van der Waals surface area contributed by atoms with Crippen molar-refractivity contribution in [2.24, 2.45) is 109 Å². The highest BCUT2D eigenvalue weighted by atomic mass is 32.0. The van der Waals surface area contributed by atoms with Crippen LogP contribution in [0.2, 0.25) is 0 Å². The van der Waals surface area contributed by atoms with Crippen molar-refractivity contribution in [3.63, 3.8) is 0 Å². The topological polar surface area (TPSA) is 132 Å². The van der Waals surface area contributed by atoms with E-state index < -0.39 is 0 Å². The summed E-state index contributed by atoms with van der Waals surface area (Å²) in [6, 6.07) is 12.0. The Morgan fingerprint density at radius 2 is 0.714 bits per heavy atom. The van der Waals surface area contributed by atoms with Gasteiger partial charge in [-0.25, -0.2) is 0 Å². The molecule has 4 N–H and O–H groups in total. The molecule has 0 bridgehead atoms. The van der Waals surface area contributed by atoms with Crippen LogP contribution < -0.4 is 0 Å². The molecule has 0 saturated heterocycles. The molecule has 19 rings (SSSR count). The summed E-state index contributed by atoms with van der Waals surface area (Å²) in [5.41, 5.74) is 16.2. The highest BCUT2D eigenvalue weighted by Crippen LogP contribution is 2.68. The number of aromatic hydroxyl groups is 2. The number of rotatable bonds is 0. The largest absolute Gasteiger partial charge is 0.508 e. The van der Waals surface area contributed by atoms with E-state index in [4.69, 9.17) is 0 Å². The van der Waals surface area contributed by atoms with Crippen LogP contribution in [0.15, 0.2) is 108 Å². The SMILES string of the molecule is C=C1CCC2C3CC=C4C[C@@H](O)CC[C@]4(C)C3CC[C@]12C.C=C1CCC2C3CCc4cc(O)ccc4C3CC[C@]12C.C=C1CCC[C@H]1C.C=C1CCC[C@H]1C.C=PP.C=PP.C=PP.C[C@@H]1CCCC1=O.C[C@]12CCC3c4ccc(O)cc4CCC3C1CCC2=O.C[C@]12CC[C@H](O)CC1=CCC1C2CC[C@]2(C)C(=O)CCC12. The normalized spacial score (nSPS) is 40.2. The summed E-state index contributed by atoms with van der Waals surface area (Å²) < 4.78 is 0. The van der Waals surface area contributed by atoms with E-state index in [1.54, 1.807) is 5.57 Å². The smallest absolute Gasteiger partial charge is 0.139 e. The van der Waals surface area contributed by atoms with Gasteiger partial charge in [-0.2, -0.15) is 0 Å². The molecule has 13 saturated carbocycles. The average Bonchev–Trinajstić information content (AvgIpc) is 1.59. The van der Waals surface area contributed by atoms with E-state index in [0.29, 0.717) is 86.0 Å². The van der Waals surface area contributed by atoms with Gasteiger partial charge in [0, 0.05) is 36.0 Å². The minimum Gasteiger partial charge on any atom is -0.508 e. The van der Waals surface area contributed by atoms with Gasteiger partial charge in [-0.15, -0.1) is 0 Å². The summed E-state index contributed by atoms with van der Waals surface area (Å²) in [4.78, 5) is 35.2. The van der Waals surface area contributed by atoms with Crippen molar-refractivity contribution in [1.29, 1.82) is 0 Å². The molecule has 26 atom stereocenters. The van der Waals surface area contributed by atoms with Crippen molar-refractivity contribution in [2.45, 2.75) is 324 Å². The number of phenolic OH excluding ortho intramolecular Hbond substituents is 2. The van der Waals surface area contributed by atoms with Gasteiger partial charge in [0.1, 0.15) is 28.8 Å². The van der Waals surface area contributed by atoms with Crippen molar-refractivity contribution in [1.82, 2.24) is 0 Å². The van der Waals surface area contributed by atoms with Crippen LogP contribution in [0, 0.1) is 109 Å². The Balaban J connectivity index is 0.000000141. The lowest BCUT2D eigenvalue weighted by atomic mass is 9.48. The van der Waals surface area contributed by atoms with Gasteiger partial charge in [-0.3, -0.25) is 14.4 Å². The summed E-state index contributed by atoms with van der Waals surface area (Å²) in [6.45, 7) is 37.6. The van der Waals surface area contributed by atoms with E-state index in [9.17, 15) is 34.8 Å². The van der Waals surface area contributed by atoms with Crippen molar-refractivity contribution in [3.05, 3.63) is 131 Å². The minimum atomic E-state index is -0.122. The van der Waals surface area contributed by atoms with Crippen LogP contribution in [-0.4, -0.2) is 68.9 Å². The van der Waals surface area contributed by atoms with Crippen molar-refractivity contribution >= 4 is 86.7 Å². The fourth-order valence-electron chi connectivity index (χ4n) is 26.9. The van der Waals surface area contributed by atoms with Crippen molar-refractivity contribution in [2.75, 3.05) is 0 Å². The molecule has 618 valence electrons. The molecule has 0 aliphatic heterocycles. The van der Waals surface area contributed by atoms with E-state index in [0.717, 1.165) is 193 Å². The number of Topliss-reactive ketones (excluding diaryl/α,β-unsaturated/α-hetero) is 3. The fraction of sp³-hybridized carbons (Fsp3) is 0.697. The predicted molar refractivity (Wildman–Crippen MR) is 493 cm³/mol. The molecule has 0 radical (unpaired) electrons. The molecule has 112 heavy (non-hydrogen) atoms. The zero-order valence-corrected chi connectivity index (χ0v) is 77.3. The van der Waals surface area contributed by atoms with Crippen molar-refractivity contribution < 1.29 is 34.8 Å². The van der Waals surface area contributed by atoms with E-state index in [-0.39, 0.29) is 23.0 Å². The van der Waals surface area contributed by atoms with E-state index in [2.05, 4.69) is 152 Å². The number of aryl methyl sites for hydroxylation is 2. The number of aliphatic hydroxyl groups excluding tert-OH is 2. The molecule has 7 nitrogen and oxygen atoms in total. The van der Waals surface area contributed by atoms with E-state index in [1.165, 1.54) is 172 Å². The summed E-state index contributed by atoms with van der Waals surface area (Å²) in [6.07, 6.45) is 58.3. The standard InChI is InChI=1S/C20H30O.C19H28O2.C19H24O.C18H22O2.2C7H12.C6H10O.3CH4P2/c1-13-4-7-17-16-6-5-14-12-15(21)8-10-20(14,3)18(16)9-11-19(13,17)2;1-18-9-7-13(20)11-12(18)3-4-14-15-5-6-17(21)19(15,2)10-8-16(14)18;1-12-3-8-18-17-6-4-13-11-14(20)5-7-15(13)16(17)9-10-19(12,18)2;1-18-9-8-14-13-5-3-12(19)10-11(13)2-4-15(14)16(18)6-7-17(18)20;2*1-6-4-3-5-7(6)2;1-5-3-2-4-6(5)7;3*1-3-2/h5,15-18,21H,1,4,6-12H2,2-3H3;3,13-16,20H,4-11H2,1-2H3;5,7,11,16-18,20H,1,3-4,6,8-10H2,2H3;3,5,10,14-16,19H,2,4,6-9H2,1H3;2*7H,1,3-5H2,2H3;5H,2-4H2,1H3;3*1-2H2/t15-,16?,17?,18?,19+,20-;13-,14?,15?,16?,18-,19-;16?,17?,18?,19-;14?,15?,16?,18-;2*7-;5-;;;/m0010111.../s1. The van der Waals surface area contributed by atoms with Gasteiger partial charge in [0.15, 0.2) is 0 Å². The number of fused-ring (bicyclic) bond motifs is 20. The predicted octanol–water partition coefficient (Wildman–Crippen LogP) is 26.9. The zero-order valence-electron chi connectivity index (χ0n) is 71.1. The number of benzene rings is 2. The van der Waals surface area contributed by atoms with Gasteiger partial charge < -0.3 is 20.4 Å². The van der Waals surface area contributed by atoms with Gasteiger partial charge in [-0.1, -0.05) is 216 Å². The molecule has 13 heteroatoms. The lowest BCUT2D eigenvalue weighted by Gasteiger charge is -2.57. The van der Waals surface area contributed by atoms with Crippen molar-refractivity contribution in [3.8, 4) is 11.5 Å². The molecule has 0 aromatic heterocycles. The van der Waals surface area contributed by atoms with E-state index >= 15 is 0 Å². The average molecular weight is 1640 g/mol. The minimum absolute atomic E-state index is 0.0168. The molecular formula is C99H150O7P6. The highest BCUT2D eigenvalue weighted by Gasteiger charge is 2.61. The first kappa shape index (κ1) is 91.5. The third-order valence-corrected chi connectivity index (χ3v) is 34.2. The Morgan fingerprint density at radius 1 is 0.384 bits per heavy atom. The second kappa shape index (κ2) is 39.6. The molecule has 15 unspecified atom stereocenters. The third kappa shape index (κ3) is 19.5. The first-order chi connectivity index (χ1) is 53.2. The molecule has 13 fully saturated rings. The number of hydrogen-bond acceptors (Lipinski definition) is 7. The summed E-state index contributed by atoms with van der Waals surface area (Å²) in [5, 5.41) is 39.4. The highest BCUT2D eigenvalue weighted by molar-refractivity contribution is 8.01. The lowest BCUT2D eigenvalue weighted by molar-refractivity contribution is -0.132. The maximum Gasteiger partial charge on any atom is 0.139 e. The Bertz CT molecular complexity index is 3530. The molecule has 0 heterocycles. The van der Waals surface area contributed by atoms with Gasteiger partial charge in [-0.05, 0) is 369 Å². The van der Waals surface area contributed by atoms with Crippen LogP contribution in [0.4, 0.5) is 0 Å². The van der Waals surface area contributed by atoms with Crippen LogP contribution in [0.25, 0.3) is 0 Å². The molecule has 0 amide bonds. The maximum atomic E-state index is 12.4. The summed E-state index contributed by atoms with van der Waals surface area (Å²) in [5.74, 6) is 13.3. The molecule has 17 aliphatic carbocycles. The van der Waals surface area contributed by atoms with Crippen LogP contribution >= 0.6 is 50.5 Å². The summed E-state index contributed by atoms with van der Waals surface area (Å²) in [7, 11) is 10.6. The van der Waals surface area contributed by atoms with Gasteiger partial charge >= 0.3 is 0 Å². The van der Waals surface area contributed by atoms with Gasteiger partial charge in [0.25, 0.3) is 0 Å². The number of allylic oxidation sites excluding steroid dienone is 6. The second-order valence-electron chi connectivity index (χ2n) is 39.7. The monoisotopic (exact) mass is 1640 g/mol. The molecular weight excluding hydrogens is 1490 g/mol. The zero-order chi connectivity index (χ0) is 81.4. The molecule has 17 aliphatic rings. The number of carbonyl (C=O) groups excluding carboxylic acids is 3. The van der Waals surface area contributed by atoms with Crippen LogP contribution in [0.1, 0.15) is 321 Å². The number of aliphatic hydroxyl groups is 2. The van der Waals surface area contributed by atoms with Gasteiger partial charge in [0.2, 0.25) is 0 Å². The second-order valence-corrected chi connectivity index (χ2v) is 44.0. The van der Waals surface area contributed by atoms with Gasteiger partial charge in [0.05, 0.1) is 12.2 Å². The van der Waals surface area contributed by atoms with Crippen LogP contribution in [0.3, 0.4) is 0 Å². The Labute approximate surface area is 692 Å². The maximum absolute atomic E-state index is 12.4. The summed E-state index contributed by atoms with van der Waals surface area (Å²) >= 11 is 0. The molecule has 2 aromatic carbocycles. The van der Waals surface area contributed by atoms with Crippen LogP contribution in [-0.2, 0) is 27.2 Å².